The molecular formula is C15H10F13NO. The molecule has 2 nitrogen and oxygen atoms in total. The number of alkyl halides is 13. The molecule has 172 valence electrons. The minimum atomic E-state index is -8.05. The highest BCUT2D eigenvalue weighted by molar-refractivity contribution is 5.85. The third-order valence-electron chi connectivity index (χ3n) is 3.87. The van der Waals surface area contributed by atoms with E-state index in [2.05, 4.69) is 0 Å². The van der Waals surface area contributed by atoms with Gasteiger partial charge >= 0.3 is 35.8 Å². The number of rotatable bonds is 7. The van der Waals surface area contributed by atoms with Crippen LogP contribution < -0.4 is 5.32 Å². The molecule has 1 aromatic carbocycles. The molecule has 0 aromatic heterocycles. The molecule has 15 heteroatoms. The quantitative estimate of drug-likeness (QED) is 0.520. The molecule has 0 radical (unpaired) electrons. The molecule has 30 heavy (non-hydrogen) atoms. The van der Waals surface area contributed by atoms with E-state index in [4.69, 9.17) is 0 Å². The fraction of sp³-hybridized carbons (Fsp3) is 0.533. The molecule has 0 bridgehead atoms. The van der Waals surface area contributed by atoms with Gasteiger partial charge in [0.1, 0.15) is 0 Å². The van der Waals surface area contributed by atoms with Crippen molar-refractivity contribution in [2.24, 2.45) is 0 Å². The number of benzene rings is 1. The minimum Gasteiger partial charge on any atom is -0.344 e. The van der Waals surface area contributed by atoms with E-state index < -0.39 is 47.7 Å². The number of halogens is 13. The second kappa shape index (κ2) is 7.48. The Morgan fingerprint density at radius 2 is 1.10 bits per heavy atom. The van der Waals surface area contributed by atoms with Gasteiger partial charge in [-0.15, -0.1) is 0 Å². The van der Waals surface area contributed by atoms with Crippen molar-refractivity contribution in [3.63, 3.8) is 0 Å². The Hall–Kier alpha value is -2.22. The average Bonchev–Trinajstić information content (AvgIpc) is 2.60. The van der Waals surface area contributed by atoms with Crippen LogP contribution in [0.3, 0.4) is 0 Å². The summed E-state index contributed by atoms with van der Waals surface area (Å²) in [7, 11) is 0. The van der Waals surface area contributed by atoms with Crippen LogP contribution in [0.15, 0.2) is 30.3 Å². The third-order valence-corrected chi connectivity index (χ3v) is 3.87. The van der Waals surface area contributed by atoms with E-state index in [9.17, 15) is 61.9 Å². The molecule has 0 saturated heterocycles. The summed E-state index contributed by atoms with van der Waals surface area (Å²) in [4.78, 5) is 11.4. The van der Waals surface area contributed by atoms with Crippen LogP contribution in [0.4, 0.5) is 57.1 Å². The molecule has 0 aliphatic carbocycles. The predicted molar refractivity (Wildman–Crippen MR) is 73.8 cm³/mol. The van der Waals surface area contributed by atoms with Gasteiger partial charge in [-0.1, -0.05) is 30.3 Å². The van der Waals surface area contributed by atoms with Crippen molar-refractivity contribution in [1.82, 2.24) is 5.32 Å². The number of carbonyl (C=O) groups excluding carboxylic acids is 1. The van der Waals surface area contributed by atoms with Crippen molar-refractivity contribution in [1.29, 1.82) is 0 Å². The molecule has 1 N–H and O–H groups in total. The summed E-state index contributed by atoms with van der Waals surface area (Å²) >= 11 is 0. The van der Waals surface area contributed by atoms with E-state index in [0.29, 0.717) is 0 Å². The molecule has 1 aromatic rings. The molecule has 0 heterocycles. The maximum absolute atomic E-state index is 13.7. The molecule has 0 saturated carbocycles. The van der Waals surface area contributed by atoms with Crippen LogP contribution >= 0.6 is 0 Å². The Balaban J connectivity index is 3.33. The van der Waals surface area contributed by atoms with Crippen LogP contribution in [0.1, 0.15) is 18.5 Å². The maximum atomic E-state index is 13.7. The SMILES string of the molecule is CC(NC(=O)C(F)(F)C(F)(F)C(F)(F)C(F)(F)C(F)(F)C(F)(F)F)c1ccccc1. The van der Waals surface area contributed by atoms with Gasteiger partial charge in [-0.3, -0.25) is 4.79 Å². The van der Waals surface area contributed by atoms with E-state index in [1.165, 1.54) is 18.2 Å². The standard InChI is InChI=1S/C15H10F13NO/c1-7(8-5-3-2-4-6-8)29-9(30)10(16,17)11(18,19)12(20,21)13(22,23)14(24,25)15(26,27)28/h2-7H,1H3,(H,29,30). The zero-order valence-corrected chi connectivity index (χ0v) is 14.3. The van der Waals surface area contributed by atoms with Crippen molar-refractivity contribution in [2.45, 2.75) is 48.8 Å². The van der Waals surface area contributed by atoms with Crippen LogP contribution in [0, 0.1) is 0 Å². The van der Waals surface area contributed by atoms with Gasteiger partial charge in [0.25, 0.3) is 5.91 Å². The second-order valence-electron chi connectivity index (χ2n) is 5.98. The van der Waals surface area contributed by atoms with Crippen molar-refractivity contribution < 1.29 is 61.9 Å². The van der Waals surface area contributed by atoms with Crippen molar-refractivity contribution in [3.8, 4) is 0 Å². The summed E-state index contributed by atoms with van der Waals surface area (Å²) < 4.78 is 169. The first-order valence-corrected chi connectivity index (χ1v) is 7.48. The normalized spacial score (nSPS) is 15.7. The Kier molecular flexibility index (Phi) is 6.44. The zero-order valence-electron chi connectivity index (χ0n) is 14.3. The van der Waals surface area contributed by atoms with Gasteiger partial charge in [0.05, 0.1) is 6.04 Å². The number of amides is 1. The van der Waals surface area contributed by atoms with E-state index in [-0.39, 0.29) is 5.56 Å². The second-order valence-corrected chi connectivity index (χ2v) is 5.98. The lowest BCUT2D eigenvalue weighted by molar-refractivity contribution is -0.436. The monoisotopic (exact) mass is 467 g/mol. The van der Waals surface area contributed by atoms with E-state index in [1.807, 2.05) is 0 Å². The van der Waals surface area contributed by atoms with Gasteiger partial charge in [0.2, 0.25) is 0 Å². The van der Waals surface area contributed by atoms with Gasteiger partial charge in [-0.25, -0.2) is 0 Å². The summed E-state index contributed by atoms with van der Waals surface area (Å²) in [5, 5.41) is 1.08. The summed E-state index contributed by atoms with van der Waals surface area (Å²) in [5.41, 5.74) is -0.0503. The highest BCUT2D eigenvalue weighted by atomic mass is 19.4. The molecule has 0 fully saturated rings. The molecule has 1 amide bonds. The van der Waals surface area contributed by atoms with Gasteiger partial charge in [0, 0.05) is 0 Å². The van der Waals surface area contributed by atoms with Crippen LogP contribution in [0.5, 0.6) is 0 Å². The van der Waals surface area contributed by atoms with E-state index >= 15 is 0 Å². The predicted octanol–water partition coefficient (Wildman–Crippen LogP) is 5.60. The molecular weight excluding hydrogens is 457 g/mol. The number of carbonyl (C=O) groups is 1. The largest absolute Gasteiger partial charge is 0.460 e. The number of hydrogen-bond acceptors (Lipinski definition) is 1. The summed E-state index contributed by atoms with van der Waals surface area (Å²) in [5.74, 6) is -41.7. The fourth-order valence-corrected chi connectivity index (χ4v) is 2.02. The van der Waals surface area contributed by atoms with Gasteiger partial charge < -0.3 is 5.32 Å². The topological polar surface area (TPSA) is 29.1 Å². The summed E-state index contributed by atoms with van der Waals surface area (Å²) in [6.45, 7) is 0.881. The first-order chi connectivity index (χ1) is 13.2. The number of hydrogen-bond donors (Lipinski definition) is 1. The summed E-state index contributed by atoms with van der Waals surface area (Å²) in [6.07, 6.45) is -7.50. The smallest absolute Gasteiger partial charge is 0.344 e. The van der Waals surface area contributed by atoms with Crippen molar-refractivity contribution >= 4 is 5.91 Å². The molecule has 1 atom stereocenters. The van der Waals surface area contributed by atoms with Gasteiger partial charge in [0.15, 0.2) is 0 Å². The Bertz CT molecular complexity index is 758. The molecule has 1 rings (SSSR count). The van der Waals surface area contributed by atoms with E-state index in [0.717, 1.165) is 24.4 Å². The first-order valence-electron chi connectivity index (χ1n) is 7.48. The highest BCUT2D eigenvalue weighted by Crippen LogP contribution is 2.60. The van der Waals surface area contributed by atoms with Gasteiger partial charge in [-0.2, -0.15) is 57.1 Å². The van der Waals surface area contributed by atoms with Crippen LogP contribution in [-0.4, -0.2) is 41.7 Å². The first kappa shape index (κ1) is 25.8. The Labute approximate surface area is 159 Å². The Morgan fingerprint density at radius 1 is 0.700 bits per heavy atom. The minimum absolute atomic E-state index is 0.0503. The van der Waals surface area contributed by atoms with Crippen LogP contribution in [0.2, 0.25) is 0 Å². The zero-order chi connectivity index (χ0) is 24.0. The maximum Gasteiger partial charge on any atom is 0.460 e. The summed E-state index contributed by atoms with van der Waals surface area (Å²) in [6, 6.07) is 4.65. The molecule has 0 aliphatic rings. The lowest BCUT2D eigenvalue weighted by Gasteiger charge is -2.39. The lowest BCUT2D eigenvalue weighted by atomic mass is 9.93. The average molecular weight is 467 g/mol. The Morgan fingerprint density at radius 3 is 1.50 bits per heavy atom. The van der Waals surface area contributed by atoms with Crippen LogP contribution in [0.25, 0.3) is 0 Å². The molecule has 0 aliphatic heterocycles. The lowest BCUT2D eigenvalue weighted by Crippen LogP contribution is -2.72. The van der Waals surface area contributed by atoms with Crippen molar-refractivity contribution in [3.05, 3.63) is 35.9 Å². The molecule has 1 unspecified atom stereocenters. The number of nitrogens with one attached hydrogen (secondary N) is 1. The van der Waals surface area contributed by atoms with Crippen molar-refractivity contribution in [2.75, 3.05) is 0 Å². The third kappa shape index (κ3) is 3.77. The van der Waals surface area contributed by atoms with E-state index in [1.54, 1.807) is 0 Å². The fourth-order valence-electron chi connectivity index (χ4n) is 2.02. The van der Waals surface area contributed by atoms with Crippen LogP contribution in [-0.2, 0) is 4.79 Å². The van der Waals surface area contributed by atoms with Gasteiger partial charge in [-0.05, 0) is 12.5 Å². The molecule has 0 spiro atoms. The highest BCUT2D eigenvalue weighted by Gasteiger charge is 2.91.